The Bertz CT molecular complexity index is 905. The average molecular weight is 419 g/mol. The summed E-state index contributed by atoms with van der Waals surface area (Å²) in [4.78, 5) is 12.7. The smallest absolute Gasteiger partial charge is 0.255 e. The third kappa shape index (κ3) is 5.56. The van der Waals surface area contributed by atoms with Crippen molar-refractivity contribution in [1.29, 1.82) is 0 Å². The van der Waals surface area contributed by atoms with Crippen molar-refractivity contribution in [3.8, 4) is 5.75 Å². The highest BCUT2D eigenvalue weighted by Gasteiger charge is 2.26. The first kappa shape index (κ1) is 21.3. The van der Waals surface area contributed by atoms with E-state index in [4.69, 9.17) is 9.47 Å². The summed E-state index contributed by atoms with van der Waals surface area (Å²) < 4.78 is 37.3. The van der Waals surface area contributed by atoms with Crippen LogP contribution in [0.1, 0.15) is 30.1 Å². The van der Waals surface area contributed by atoms with E-state index in [9.17, 15) is 13.2 Å². The SMILES string of the molecule is CCOCCOc1ccc(C(=O)Nc2ccc(S(=O)(=O)N3CCCC3)cc2)cc1. The molecule has 8 heteroatoms. The highest BCUT2D eigenvalue weighted by Crippen LogP contribution is 2.22. The molecule has 0 aromatic heterocycles. The molecule has 3 rings (SSSR count). The van der Waals surface area contributed by atoms with E-state index in [1.807, 2.05) is 6.92 Å². The largest absolute Gasteiger partial charge is 0.491 e. The van der Waals surface area contributed by atoms with E-state index in [1.54, 1.807) is 36.4 Å². The molecule has 0 bridgehead atoms. The van der Waals surface area contributed by atoms with E-state index in [-0.39, 0.29) is 10.8 Å². The molecule has 29 heavy (non-hydrogen) atoms. The zero-order valence-electron chi connectivity index (χ0n) is 16.5. The van der Waals surface area contributed by atoms with Crippen LogP contribution >= 0.6 is 0 Å². The number of nitrogens with zero attached hydrogens (tertiary/aromatic N) is 1. The summed E-state index contributed by atoms with van der Waals surface area (Å²) in [6.07, 6.45) is 1.79. The first-order valence-corrected chi connectivity index (χ1v) is 11.2. The molecule has 2 aromatic rings. The molecule has 1 heterocycles. The molecule has 0 spiro atoms. The van der Waals surface area contributed by atoms with Crippen LogP contribution < -0.4 is 10.1 Å². The lowest BCUT2D eigenvalue weighted by molar-refractivity contribution is 0.102. The van der Waals surface area contributed by atoms with Crippen LogP contribution in [0.4, 0.5) is 5.69 Å². The minimum atomic E-state index is -3.45. The highest BCUT2D eigenvalue weighted by atomic mass is 32.2. The maximum Gasteiger partial charge on any atom is 0.255 e. The van der Waals surface area contributed by atoms with E-state index in [1.165, 1.54) is 16.4 Å². The maximum atomic E-state index is 12.6. The van der Waals surface area contributed by atoms with Gasteiger partial charge in [0.2, 0.25) is 10.0 Å². The molecule has 1 aliphatic heterocycles. The summed E-state index contributed by atoms with van der Waals surface area (Å²) in [7, 11) is -3.45. The van der Waals surface area contributed by atoms with Gasteiger partial charge >= 0.3 is 0 Å². The van der Waals surface area contributed by atoms with Gasteiger partial charge in [-0.1, -0.05) is 0 Å². The molecular weight excluding hydrogens is 392 g/mol. The number of amides is 1. The Morgan fingerprint density at radius 3 is 2.28 bits per heavy atom. The molecule has 0 saturated carbocycles. The Balaban J connectivity index is 1.57. The Kier molecular flexibility index (Phi) is 7.24. The monoisotopic (exact) mass is 418 g/mol. The zero-order chi connectivity index (χ0) is 20.7. The van der Waals surface area contributed by atoms with Crippen molar-refractivity contribution in [2.24, 2.45) is 0 Å². The Morgan fingerprint density at radius 2 is 1.66 bits per heavy atom. The van der Waals surface area contributed by atoms with Gasteiger partial charge in [0.1, 0.15) is 12.4 Å². The van der Waals surface area contributed by atoms with E-state index in [2.05, 4.69) is 5.32 Å². The van der Waals surface area contributed by atoms with Crippen molar-refractivity contribution < 1.29 is 22.7 Å². The minimum Gasteiger partial charge on any atom is -0.491 e. The number of nitrogens with one attached hydrogen (secondary N) is 1. The molecule has 1 aliphatic rings. The molecule has 0 atom stereocenters. The minimum absolute atomic E-state index is 0.242. The van der Waals surface area contributed by atoms with Crippen LogP contribution in [0.2, 0.25) is 0 Å². The topological polar surface area (TPSA) is 84.9 Å². The zero-order valence-corrected chi connectivity index (χ0v) is 17.3. The normalized spacial score (nSPS) is 14.7. The molecule has 0 radical (unpaired) electrons. The number of benzene rings is 2. The van der Waals surface area contributed by atoms with Crippen molar-refractivity contribution in [3.05, 3.63) is 54.1 Å². The van der Waals surface area contributed by atoms with Crippen molar-refractivity contribution in [3.63, 3.8) is 0 Å². The summed E-state index contributed by atoms with van der Waals surface area (Å²) in [6, 6.07) is 13.1. The van der Waals surface area contributed by atoms with E-state index in [0.29, 0.717) is 49.9 Å². The number of carbonyl (C=O) groups excluding carboxylic acids is 1. The van der Waals surface area contributed by atoms with Gasteiger partial charge in [-0.05, 0) is 68.3 Å². The standard InChI is InChI=1S/C21H26N2O5S/c1-2-27-15-16-28-19-9-5-17(6-10-19)21(24)22-18-7-11-20(12-8-18)29(25,26)23-13-3-4-14-23/h5-12H,2-4,13-16H2,1H3,(H,22,24). The van der Waals surface area contributed by atoms with Gasteiger partial charge in [-0.25, -0.2) is 8.42 Å². The summed E-state index contributed by atoms with van der Waals surface area (Å²) >= 11 is 0. The van der Waals surface area contributed by atoms with Gasteiger partial charge in [-0.3, -0.25) is 4.79 Å². The van der Waals surface area contributed by atoms with Crippen LogP contribution in [0.3, 0.4) is 0 Å². The summed E-state index contributed by atoms with van der Waals surface area (Å²) in [5.41, 5.74) is 1.02. The Hall–Kier alpha value is -2.42. The number of anilines is 1. The second kappa shape index (κ2) is 9.87. The van der Waals surface area contributed by atoms with Crippen LogP contribution in [0.25, 0.3) is 0 Å². The van der Waals surface area contributed by atoms with Crippen LogP contribution in [-0.4, -0.2) is 51.5 Å². The van der Waals surface area contributed by atoms with Crippen LogP contribution in [0.15, 0.2) is 53.4 Å². The quantitative estimate of drug-likeness (QED) is 0.633. The highest BCUT2D eigenvalue weighted by molar-refractivity contribution is 7.89. The Labute approximate surface area is 171 Å². The van der Waals surface area contributed by atoms with Crippen LogP contribution in [0.5, 0.6) is 5.75 Å². The van der Waals surface area contributed by atoms with Gasteiger partial charge in [0.15, 0.2) is 0 Å². The van der Waals surface area contributed by atoms with E-state index in [0.717, 1.165) is 12.8 Å². The molecule has 156 valence electrons. The third-order valence-corrected chi connectivity index (χ3v) is 6.54. The predicted octanol–water partition coefficient (Wildman–Crippen LogP) is 3.14. The first-order valence-electron chi connectivity index (χ1n) is 9.73. The fourth-order valence-corrected chi connectivity index (χ4v) is 4.57. The second-order valence-electron chi connectivity index (χ2n) is 6.66. The van der Waals surface area contributed by atoms with Crippen molar-refractivity contribution in [2.45, 2.75) is 24.7 Å². The fraction of sp³-hybridized carbons (Fsp3) is 0.381. The summed E-state index contributed by atoms with van der Waals surface area (Å²) in [6.45, 7) is 4.66. The van der Waals surface area contributed by atoms with Gasteiger partial charge in [-0.2, -0.15) is 4.31 Å². The van der Waals surface area contributed by atoms with Crippen molar-refractivity contribution in [1.82, 2.24) is 4.31 Å². The van der Waals surface area contributed by atoms with Gasteiger partial charge in [0.05, 0.1) is 11.5 Å². The number of ether oxygens (including phenoxy) is 2. The molecule has 1 fully saturated rings. The second-order valence-corrected chi connectivity index (χ2v) is 8.60. The van der Waals surface area contributed by atoms with Gasteiger partial charge in [0, 0.05) is 30.9 Å². The summed E-state index contributed by atoms with van der Waals surface area (Å²) in [5, 5.41) is 2.78. The predicted molar refractivity (Wildman–Crippen MR) is 111 cm³/mol. The molecule has 7 nitrogen and oxygen atoms in total. The lowest BCUT2D eigenvalue weighted by Gasteiger charge is -2.15. The van der Waals surface area contributed by atoms with Gasteiger partial charge in [0.25, 0.3) is 5.91 Å². The molecule has 1 N–H and O–H groups in total. The van der Waals surface area contributed by atoms with Gasteiger partial charge < -0.3 is 14.8 Å². The number of hydrogen-bond acceptors (Lipinski definition) is 5. The van der Waals surface area contributed by atoms with Crippen molar-refractivity contribution >= 4 is 21.6 Å². The molecule has 0 unspecified atom stereocenters. The number of rotatable bonds is 9. The van der Waals surface area contributed by atoms with Crippen LogP contribution in [-0.2, 0) is 14.8 Å². The molecule has 2 aromatic carbocycles. The fourth-order valence-electron chi connectivity index (χ4n) is 3.06. The molecule has 0 aliphatic carbocycles. The van der Waals surface area contributed by atoms with Crippen molar-refractivity contribution in [2.75, 3.05) is 38.2 Å². The molecule has 1 saturated heterocycles. The Morgan fingerprint density at radius 1 is 1.00 bits per heavy atom. The first-order chi connectivity index (χ1) is 14.0. The van der Waals surface area contributed by atoms with Crippen LogP contribution in [0, 0.1) is 0 Å². The molecule has 1 amide bonds. The number of carbonyl (C=O) groups is 1. The number of hydrogen-bond donors (Lipinski definition) is 1. The van der Waals surface area contributed by atoms with E-state index >= 15 is 0 Å². The third-order valence-electron chi connectivity index (χ3n) is 4.63. The number of sulfonamides is 1. The maximum absolute atomic E-state index is 12.6. The lowest BCUT2D eigenvalue weighted by atomic mass is 10.2. The van der Waals surface area contributed by atoms with Gasteiger partial charge in [-0.15, -0.1) is 0 Å². The lowest BCUT2D eigenvalue weighted by Crippen LogP contribution is -2.27. The molecular formula is C21H26N2O5S. The average Bonchev–Trinajstić information content (AvgIpc) is 3.28. The summed E-state index contributed by atoms with van der Waals surface area (Å²) in [5.74, 6) is 0.388. The van der Waals surface area contributed by atoms with E-state index < -0.39 is 10.0 Å².